The molecule has 1 fully saturated rings. The summed E-state index contributed by atoms with van der Waals surface area (Å²) in [6, 6.07) is 9.87. The zero-order valence-electron chi connectivity index (χ0n) is 22.8. The average molecular weight is 550 g/mol. The number of carbonyl (C=O) groups is 1. The number of carbonyl (C=O) groups excluding carboxylic acids is 1. The van der Waals surface area contributed by atoms with Gasteiger partial charge < -0.3 is 10.2 Å². The third-order valence-electron chi connectivity index (χ3n) is 7.36. The smallest absolute Gasteiger partial charge is 0.254 e. The maximum Gasteiger partial charge on any atom is 0.254 e. The molecule has 4 heterocycles. The third kappa shape index (κ3) is 6.54. The van der Waals surface area contributed by atoms with Crippen LogP contribution in [-0.2, 0) is 23.0 Å². The van der Waals surface area contributed by atoms with Gasteiger partial charge in [-0.05, 0) is 69.0 Å². The molecular weight excluding hydrogens is 514 g/mol. The van der Waals surface area contributed by atoms with Crippen molar-refractivity contribution in [1.82, 2.24) is 24.8 Å². The summed E-state index contributed by atoms with van der Waals surface area (Å²) in [4.78, 5) is 31.0. The fourth-order valence-corrected chi connectivity index (χ4v) is 6.13. The van der Waals surface area contributed by atoms with Crippen LogP contribution >= 0.6 is 0 Å². The summed E-state index contributed by atoms with van der Waals surface area (Å²) in [5.41, 5.74) is 6.06. The Morgan fingerprint density at radius 3 is 2.56 bits per heavy atom. The maximum absolute atomic E-state index is 13.3. The standard InChI is InChI=1S/C28H35N7O3S/c1-18-11-19(2)13-23(12-18)31-28-30-16-22-17-34(9-7-25(22)32-28)24-6-10-35(20(3)14-24)27(36)21-5-8-29-26(15-21)33-39(4,37)38/h5,8,11-13,15-16,20,24H,6-7,9-10,14,17H2,1-4H3,(H,29,33)(H,30,31,32)/t20-,24+/m1/s1. The lowest BCUT2D eigenvalue weighted by atomic mass is 9.94. The summed E-state index contributed by atoms with van der Waals surface area (Å²) >= 11 is 0. The molecule has 1 saturated heterocycles. The number of amides is 1. The second kappa shape index (κ2) is 10.9. The number of hydrogen-bond donors (Lipinski definition) is 2. The molecule has 5 rings (SSSR count). The SMILES string of the molecule is Cc1cc(C)cc(Nc2ncc3c(n2)CCN([C@H]2CCN(C(=O)c4ccnc(NS(C)(=O)=O)c4)[C@H](C)C2)C3)c1. The number of hydrogen-bond acceptors (Lipinski definition) is 8. The van der Waals surface area contributed by atoms with E-state index in [1.54, 1.807) is 6.07 Å². The van der Waals surface area contributed by atoms with Crippen molar-refractivity contribution in [3.8, 4) is 0 Å². The van der Waals surface area contributed by atoms with E-state index in [9.17, 15) is 13.2 Å². The summed E-state index contributed by atoms with van der Waals surface area (Å²) < 4.78 is 25.4. The minimum absolute atomic E-state index is 0.0535. The molecule has 1 aromatic carbocycles. The molecule has 0 spiro atoms. The first kappa shape index (κ1) is 27.0. The van der Waals surface area contributed by atoms with Crippen molar-refractivity contribution in [1.29, 1.82) is 0 Å². The van der Waals surface area contributed by atoms with E-state index in [0.717, 1.165) is 55.6 Å². The van der Waals surface area contributed by atoms with Crippen LogP contribution in [0.2, 0.25) is 0 Å². The van der Waals surface area contributed by atoms with Crippen molar-refractivity contribution in [3.63, 3.8) is 0 Å². The summed E-state index contributed by atoms with van der Waals surface area (Å²) in [5.74, 6) is 0.659. The molecular formula is C28H35N7O3S. The normalized spacial score (nSPS) is 19.8. The molecule has 2 aliphatic rings. The lowest BCUT2D eigenvalue weighted by Gasteiger charge is -2.43. The number of fused-ring (bicyclic) bond motifs is 1. The number of benzene rings is 1. The van der Waals surface area contributed by atoms with Crippen LogP contribution < -0.4 is 10.0 Å². The largest absolute Gasteiger partial charge is 0.336 e. The number of piperidine rings is 1. The Balaban J connectivity index is 1.20. The molecule has 1 amide bonds. The van der Waals surface area contributed by atoms with Gasteiger partial charge in [-0.25, -0.2) is 23.4 Å². The van der Waals surface area contributed by atoms with Gasteiger partial charge in [0.1, 0.15) is 5.82 Å². The molecule has 0 radical (unpaired) electrons. The van der Waals surface area contributed by atoms with E-state index in [0.29, 0.717) is 24.1 Å². The number of anilines is 3. The molecule has 0 unspecified atom stereocenters. The van der Waals surface area contributed by atoms with Crippen molar-refractivity contribution in [2.24, 2.45) is 0 Å². The van der Waals surface area contributed by atoms with Crippen molar-refractivity contribution in [2.45, 2.75) is 58.7 Å². The number of sulfonamides is 1. The lowest BCUT2D eigenvalue weighted by molar-refractivity contribution is 0.0441. The van der Waals surface area contributed by atoms with Crippen molar-refractivity contribution in [2.75, 3.05) is 29.4 Å². The van der Waals surface area contributed by atoms with Crippen LogP contribution in [0.15, 0.2) is 42.7 Å². The van der Waals surface area contributed by atoms with Crippen molar-refractivity contribution < 1.29 is 13.2 Å². The fourth-order valence-electron chi connectivity index (χ4n) is 5.64. The highest BCUT2D eigenvalue weighted by Crippen LogP contribution is 2.28. The van der Waals surface area contributed by atoms with Gasteiger partial charge in [0, 0.05) is 67.3 Å². The predicted molar refractivity (Wildman–Crippen MR) is 152 cm³/mol. The first-order valence-corrected chi connectivity index (χ1v) is 15.1. The zero-order chi connectivity index (χ0) is 27.7. The van der Waals surface area contributed by atoms with E-state index in [1.807, 2.05) is 11.1 Å². The molecule has 2 aliphatic heterocycles. The van der Waals surface area contributed by atoms with Gasteiger partial charge >= 0.3 is 0 Å². The van der Waals surface area contributed by atoms with Crippen LogP contribution in [0.4, 0.5) is 17.5 Å². The number of nitrogens with zero attached hydrogens (tertiary/aromatic N) is 5. The summed E-state index contributed by atoms with van der Waals surface area (Å²) in [6.45, 7) is 8.60. The van der Waals surface area contributed by atoms with Crippen LogP contribution in [0.3, 0.4) is 0 Å². The quantitative estimate of drug-likeness (QED) is 0.478. The van der Waals surface area contributed by atoms with Crippen LogP contribution in [-0.4, -0.2) is 70.5 Å². The van der Waals surface area contributed by atoms with E-state index < -0.39 is 10.0 Å². The molecule has 206 valence electrons. The zero-order valence-corrected chi connectivity index (χ0v) is 23.6. The predicted octanol–water partition coefficient (Wildman–Crippen LogP) is 3.65. The number of likely N-dealkylation sites (tertiary alicyclic amines) is 1. The van der Waals surface area contributed by atoms with E-state index in [2.05, 4.69) is 63.9 Å². The first-order chi connectivity index (χ1) is 18.5. The third-order valence-corrected chi connectivity index (χ3v) is 7.94. The molecule has 10 nitrogen and oxygen atoms in total. The highest BCUT2D eigenvalue weighted by molar-refractivity contribution is 7.92. The second-order valence-electron chi connectivity index (χ2n) is 10.7. The Labute approximate surface area is 229 Å². The average Bonchev–Trinajstić information content (AvgIpc) is 2.86. The first-order valence-electron chi connectivity index (χ1n) is 13.2. The Kier molecular flexibility index (Phi) is 7.55. The molecule has 39 heavy (non-hydrogen) atoms. The number of rotatable bonds is 6. The van der Waals surface area contributed by atoms with Crippen LogP contribution in [0.1, 0.15) is 52.5 Å². The highest BCUT2D eigenvalue weighted by Gasteiger charge is 2.34. The van der Waals surface area contributed by atoms with E-state index in [4.69, 9.17) is 4.98 Å². The van der Waals surface area contributed by atoms with Gasteiger partial charge in [-0.2, -0.15) is 0 Å². The Hall–Kier alpha value is -3.57. The van der Waals surface area contributed by atoms with Gasteiger partial charge in [0.2, 0.25) is 16.0 Å². The molecule has 2 atom stereocenters. The molecule has 3 aromatic rings. The minimum atomic E-state index is -3.47. The summed E-state index contributed by atoms with van der Waals surface area (Å²) in [5, 5.41) is 3.35. The Morgan fingerprint density at radius 1 is 1.08 bits per heavy atom. The minimum Gasteiger partial charge on any atom is -0.336 e. The van der Waals surface area contributed by atoms with Gasteiger partial charge in [0.05, 0.1) is 11.9 Å². The Morgan fingerprint density at radius 2 is 1.85 bits per heavy atom. The molecule has 2 N–H and O–H groups in total. The Bertz CT molecular complexity index is 1470. The van der Waals surface area contributed by atoms with Crippen molar-refractivity contribution >= 4 is 33.4 Å². The molecule has 0 aliphatic carbocycles. The summed E-state index contributed by atoms with van der Waals surface area (Å²) in [6.07, 6.45) is 7.05. The van der Waals surface area contributed by atoms with Crippen molar-refractivity contribution in [3.05, 3.63) is 70.7 Å². The van der Waals surface area contributed by atoms with E-state index in [1.165, 1.54) is 23.4 Å². The monoisotopic (exact) mass is 549 g/mol. The van der Waals surface area contributed by atoms with Gasteiger partial charge in [-0.1, -0.05) is 6.07 Å². The van der Waals surface area contributed by atoms with Crippen LogP contribution in [0, 0.1) is 13.8 Å². The molecule has 0 saturated carbocycles. The highest BCUT2D eigenvalue weighted by atomic mass is 32.2. The topological polar surface area (TPSA) is 120 Å². The van der Waals surface area contributed by atoms with Gasteiger partial charge in [-0.3, -0.25) is 14.4 Å². The fraction of sp³-hybridized carbons (Fsp3) is 0.429. The number of aromatic nitrogens is 3. The number of aryl methyl sites for hydroxylation is 2. The van der Waals surface area contributed by atoms with Gasteiger partial charge in [-0.15, -0.1) is 0 Å². The van der Waals surface area contributed by atoms with E-state index in [-0.39, 0.29) is 17.8 Å². The summed E-state index contributed by atoms with van der Waals surface area (Å²) in [7, 11) is -3.47. The molecule has 0 bridgehead atoms. The maximum atomic E-state index is 13.3. The van der Waals surface area contributed by atoms with Crippen LogP contribution in [0.5, 0.6) is 0 Å². The number of pyridine rings is 1. The molecule has 11 heteroatoms. The van der Waals surface area contributed by atoms with Gasteiger partial charge in [0.25, 0.3) is 5.91 Å². The van der Waals surface area contributed by atoms with E-state index >= 15 is 0 Å². The molecule has 2 aromatic heterocycles. The number of nitrogens with one attached hydrogen (secondary N) is 2. The van der Waals surface area contributed by atoms with Crippen LogP contribution in [0.25, 0.3) is 0 Å². The van der Waals surface area contributed by atoms with Gasteiger partial charge in [0.15, 0.2) is 0 Å². The lowest BCUT2D eigenvalue weighted by Crippen LogP contribution is -2.52. The second-order valence-corrected chi connectivity index (χ2v) is 12.5.